The van der Waals surface area contributed by atoms with Crippen molar-refractivity contribution < 1.29 is 9.59 Å². The maximum Gasteiger partial charge on any atom is 0.242 e. The average molecular weight is 525 g/mol. The zero-order chi connectivity index (χ0) is 25.3. The molecule has 3 aromatic rings. The van der Waals surface area contributed by atoms with E-state index in [4.69, 9.17) is 23.2 Å². The highest BCUT2D eigenvalue weighted by Crippen LogP contribution is 2.29. The third kappa shape index (κ3) is 7.31. The van der Waals surface area contributed by atoms with Gasteiger partial charge in [-0.3, -0.25) is 25.3 Å². The van der Waals surface area contributed by atoms with Crippen LogP contribution in [0.3, 0.4) is 0 Å². The lowest BCUT2D eigenvalue weighted by Crippen LogP contribution is -2.49. The van der Waals surface area contributed by atoms with Crippen LogP contribution in [0.1, 0.15) is 29.2 Å². The van der Waals surface area contributed by atoms with Gasteiger partial charge >= 0.3 is 0 Å². The largest absolute Gasteiger partial charge is 0.300 e. The summed E-state index contributed by atoms with van der Waals surface area (Å²) in [7, 11) is 0. The van der Waals surface area contributed by atoms with Crippen molar-refractivity contribution in [3.63, 3.8) is 0 Å². The molecule has 8 heteroatoms. The van der Waals surface area contributed by atoms with Gasteiger partial charge in [-0.1, -0.05) is 89.9 Å². The molecule has 1 heterocycles. The SMILES string of the molecule is O=C(CCN1CCN(C(c2ccccc2)c2ccccc2)CC1)NNC(=O)Cc1ccc(Cl)c(Cl)c1. The minimum absolute atomic E-state index is 0.100. The number of hydrogen-bond donors (Lipinski definition) is 2. The van der Waals surface area contributed by atoms with Gasteiger partial charge in [0.15, 0.2) is 0 Å². The Hall–Kier alpha value is -2.90. The van der Waals surface area contributed by atoms with Crippen LogP contribution in [-0.2, 0) is 16.0 Å². The molecule has 188 valence electrons. The minimum Gasteiger partial charge on any atom is -0.300 e. The molecular formula is C28H30Cl2N4O2. The molecule has 2 amide bonds. The number of carbonyl (C=O) groups is 2. The highest BCUT2D eigenvalue weighted by atomic mass is 35.5. The summed E-state index contributed by atoms with van der Waals surface area (Å²) in [6.45, 7) is 4.23. The summed E-state index contributed by atoms with van der Waals surface area (Å²) in [4.78, 5) is 29.2. The van der Waals surface area contributed by atoms with E-state index in [1.54, 1.807) is 18.2 Å². The Morgan fingerprint density at radius 3 is 1.92 bits per heavy atom. The lowest BCUT2D eigenvalue weighted by atomic mass is 9.96. The van der Waals surface area contributed by atoms with Crippen molar-refractivity contribution in [3.05, 3.63) is 106 Å². The Morgan fingerprint density at radius 1 is 0.750 bits per heavy atom. The number of nitrogens with zero attached hydrogens (tertiary/aromatic N) is 2. The number of hydrogen-bond acceptors (Lipinski definition) is 4. The highest BCUT2D eigenvalue weighted by molar-refractivity contribution is 6.42. The quantitative estimate of drug-likeness (QED) is 0.426. The van der Waals surface area contributed by atoms with Crippen molar-refractivity contribution in [2.75, 3.05) is 32.7 Å². The van der Waals surface area contributed by atoms with Crippen LogP contribution in [0.2, 0.25) is 10.0 Å². The number of nitrogens with one attached hydrogen (secondary N) is 2. The van der Waals surface area contributed by atoms with Crippen molar-refractivity contribution in [2.24, 2.45) is 0 Å². The van der Waals surface area contributed by atoms with Crippen molar-refractivity contribution in [1.82, 2.24) is 20.7 Å². The summed E-state index contributed by atoms with van der Waals surface area (Å²) in [5.74, 6) is -0.533. The van der Waals surface area contributed by atoms with Gasteiger partial charge in [0, 0.05) is 39.1 Å². The Bertz CT molecular complexity index is 1110. The molecule has 2 N–H and O–H groups in total. The minimum atomic E-state index is -0.316. The third-order valence-electron chi connectivity index (χ3n) is 6.35. The lowest BCUT2D eigenvalue weighted by molar-refractivity contribution is -0.128. The summed E-state index contributed by atoms with van der Waals surface area (Å²) in [6.07, 6.45) is 0.414. The van der Waals surface area contributed by atoms with E-state index in [9.17, 15) is 9.59 Å². The summed E-state index contributed by atoms with van der Waals surface area (Å²) < 4.78 is 0. The molecule has 0 spiro atoms. The molecular weight excluding hydrogens is 495 g/mol. The number of benzene rings is 3. The molecule has 4 rings (SSSR count). The second-order valence-electron chi connectivity index (χ2n) is 8.87. The molecule has 6 nitrogen and oxygen atoms in total. The zero-order valence-electron chi connectivity index (χ0n) is 20.0. The van der Waals surface area contributed by atoms with Gasteiger partial charge in [0.05, 0.1) is 22.5 Å². The average Bonchev–Trinajstić information content (AvgIpc) is 2.90. The summed E-state index contributed by atoms with van der Waals surface area (Å²) >= 11 is 11.9. The van der Waals surface area contributed by atoms with Gasteiger partial charge in [-0.2, -0.15) is 0 Å². The summed E-state index contributed by atoms with van der Waals surface area (Å²) in [6, 6.07) is 26.4. The second kappa shape index (κ2) is 12.9. The van der Waals surface area contributed by atoms with Gasteiger partial charge in [0.1, 0.15) is 0 Å². The van der Waals surface area contributed by atoms with Crippen LogP contribution in [0.4, 0.5) is 0 Å². The standard InChI is InChI=1S/C28H30Cl2N4O2/c29-24-12-11-21(19-25(24)30)20-27(36)32-31-26(35)13-14-33-15-17-34(18-16-33)28(22-7-3-1-4-8-22)23-9-5-2-6-10-23/h1-12,19,28H,13-18,20H2,(H,31,35)(H,32,36). The van der Waals surface area contributed by atoms with Crippen LogP contribution in [-0.4, -0.2) is 54.3 Å². The van der Waals surface area contributed by atoms with E-state index in [1.165, 1.54) is 11.1 Å². The van der Waals surface area contributed by atoms with E-state index in [1.807, 2.05) is 12.1 Å². The summed E-state index contributed by atoms with van der Waals surface area (Å²) in [5, 5.41) is 0.829. The predicted molar refractivity (Wildman–Crippen MR) is 144 cm³/mol. The topological polar surface area (TPSA) is 64.7 Å². The van der Waals surface area contributed by atoms with Gasteiger partial charge in [-0.15, -0.1) is 0 Å². The van der Waals surface area contributed by atoms with Gasteiger partial charge in [-0.25, -0.2) is 0 Å². The zero-order valence-corrected chi connectivity index (χ0v) is 21.5. The Balaban J connectivity index is 1.22. The first-order valence-corrected chi connectivity index (χ1v) is 12.8. The van der Waals surface area contributed by atoms with E-state index in [-0.39, 0.29) is 24.3 Å². The molecule has 3 aromatic carbocycles. The number of hydrazine groups is 1. The molecule has 1 aliphatic rings. The fraction of sp³-hybridized carbons (Fsp3) is 0.286. The first-order valence-electron chi connectivity index (χ1n) is 12.1. The van der Waals surface area contributed by atoms with Crippen molar-refractivity contribution in [2.45, 2.75) is 18.9 Å². The van der Waals surface area contributed by atoms with Crippen LogP contribution in [0.15, 0.2) is 78.9 Å². The van der Waals surface area contributed by atoms with Crippen LogP contribution >= 0.6 is 23.2 Å². The predicted octanol–water partition coefficient (Wildman–Crippen LogP) is 4.48. The van der Waals surface area contributed by atoms with E-state index >= 15 is 0 Å². The normalized spacial score (nSPS) is 14.5. The Labute approximate surface area is 222 Å². The number of amides is 2. The molecule has 36 heavy (non-hydrogen) atoms. The Morgan fingerprint density at radius 2 is 1.33 bits per heavy atom. The maximum atomic E-state index is 12.3. The lowest BCUT2D eigenvalue weighted by Gasteiger charge is -2.39. The molecule has 1 fully saturated rings. The number of rotatable bonds is 8. The van der Waals surface area contributed by atoms with Crippen LogP contribution in [0.25, 0.3) is 0 Å². The van der Waals surface area contributed by atoms with E-state index in [0.717, 1.165) is 31.7 Å². The summed E-state index contributed by atoms with van der Waals surface area (Å²) in [5.41, 5.74) is 8.26. The van der Waals surface area contributed by atoms with Crippen LogP contribution in [0.5, 0.6) is 0 Å². The third-order valence-corrected chi connectivity index (χ3v) is 7.09. The van der Waals surface area contributed by atoms with Gasteiger partial charge in [-0.05, 0) is 28.8 Å². The smallest absolute Gasteiger partial charge is 0.242 e. The number of piperazine rings is 1. The maximum absolute atomic E-state index is 12.3. The van der Waals surface area contributed by atoms with Crippen molar-refractivity contribution in [3.8, 4) is 0 Å². The highest BCUT2D eigenvalue weighted by Gasteiger charge is 2.26. The van der Waals surface area contributed by atoms with Crippen LogP contribution in [0, 0.1) is 0 Å². The monoisotopic (exact) mass is 524 g/mol. The molecule has 0 aromatic heterocycles. The molecule has 0 aliphatic carbocycles. The molecule has 0 saturated carbocycles. The van der Waals surface area contributed by atoms with Gasteiger partial charge in [0.2, 0.25) is 11.8 Å². The van der Waals surface area contributed by atoms with E-state index in [2.05, 4.69) is 69.2 Å². The van der Waals surface area contributed by atoms with Crippen molar-refractivity contribution >= 4 is 35.0 Å². The number of halogens is 2. The van der Waals surface area contributed by atoms with Gasteiger partial charge in [0.25, 0.3) is 0 Å². The first-order chi connectivity index (χ1) is 17.5. The van der Waals surface area contributed by atoms with Gasteiger partial charge < -0.3 is 4.90 Å². The fourth-order valence-electron chi connectivity index (χ4n) is 4.47. The number of carbonyl (C=O) groups excluding carboxylic acids is 2. The molecule has 1 saturated heterocycles. The molecule has 0 radical (unpaired) electrons. The fourth-order valence-corrected chi connectivity index (χ4v) is 4.79. The first kappa shape index (κ1) is 26.2. The van der Waals surface area contributed by atoms with E-state index in [0.29, 0.717) is 23.0 Å². The Kier molecular flexibility index (Phi) is 9.36. The molecule has 0 atom stereocenters. The molecule has 1 aliphatic heterocycles. The van der Waals surface area contributed by atoms with E-state index < -0.39 is 0 Å². The second-order valence-corrected chi connectivity index (χ2v) is 9.69. The van der Waals surface area contributed by atoms with Crippen molar-refractivity contribution in [1.29, 1.82) is 0 Å². The molecule has 0 bridgehead atoms. The molecule has 0 unspecified atom stereocenters. The van der Waals surface area contributed by atoms with Crippen LogP contribution < -0.4 is 10.9 Å².